The molecule has 1 aromatic rings. The summed E-state index contributed by atoms with van der Waals surface area (Å²) in [4.78, 5) is 12.4. The van der Waals surface area contributed by atoms with Crippen molar-refractivity contribution >= 4 is 11.6 Å². The molecule has 0 spiro atoms. The fraction of sp³-hybridized carbons (Fsp3) is 0.600. The van der Waals surface area contributed by atoms with Crippen LogP contribution in [0.3, 0.4) is 0 Å². The summed E-state index contributed by atoms with van der Waals surface area (Å²) in [6.07, 6.45) is -6.95. The van der Waals surface area contributed by atoms with Crippen molar-refractivity contribution in [3.8, 4) is 0 Å². The van der Waals surface area contributed by atoms with Crippen molar-refractivity contribution in [2.24, 2.45) is 10.5 Å². The summed E-state index contributed by atoms with van der Waals surface area (Å²) < 4.78 is 96.9. The molecule has 152 valence electrons. The number of aliphatic hydroxyl groups is 1. The van der Waals surface area contributed by atoms with Gasteiger partial charge in [-0.1, -0.05) is 20.8 Å². The first-order chi connectivity index (χ1) is 12.0. The molecule has 5 nitrogen and oxygen atoms in total. The first kappa shape index (κ1) is 21.2. The van der Waals surface area contributed by atoms with Gasteiger partial charge in [0.15, 0.2) is 11.5 Å². The minimum Gasteiger partial charge on any atom is -0.459 e. The molecule has 27 heavy (non-hydrogen) atoms. The average Bonchev–Trinajstić information content (AvgIpc) is 3.12. The molecule has 2 rings (SSSR count). The van der Waals surface area contributed by atoms with E-state index in [9.17, 15) is 40.6 Å². The summed E-state index contributed by atoms with van der Waals surface area (Å²) in [5.74, 6) is -14.0. The Morgan fingerprint density at radius 3 is 2.15 bits per heavy atom. The molecule has 12 heteroatoms. The summed E-state index contributed by atoms with van der Waals surface area (Å²) in [6.45, 7) is 3.82. The Hall–Kier alpha value is -2.11. The lowest BCUT2D eigenvalue weighted by molar-refractivity contribution is -0.336. The van der Waals surface area contributed by atoms with E-state index in [4.69, 9.17) is 4.42 Å². The van der Waals surface area contributed by atoms with Crippen LogP contribution >= 0.6 is 0 Å². The second-order valence-electron chi connectivity index (χ2n) is 7.03. The Balaban J connectivity index is 2.57. The smallest absolute Gasteiger partial charge is 0.459 e. The van der Waals surface area contributed by atoms with Crippen molar-refractivity contribution in [3.63, 3.8) is 0 Å². The second kappa shape index (κ2) is 5.94. The summed E-state index contributed by atoms with van der Waals surface area (Å²) in [7, 11) is 0. The van der Waals surface area contributed by atoms with Crippen LogP contribution in [-0.2, 0) is 0 Å². The second-order valence-corrected chi connectivity index (χ2v) is 7.03. The minimum absolute atomic E-state index is 0.0571. The number of furan rings is 1. The molecule has 0 unspecified atom stereocenters. The van der Waals surface area contributed by atoms with Gasteiger partial charge in [-0.15, -0.1) is 0 Å². The van der Waals surface area contributed by atoms with E-state index in [-0.39, 0.29) is 5.01 Å². The molecule has 0 saturated carbocycles. The Bertz CT molecular complexity index is 750. The lowest BCUT2D eigenvalue weighted by Crippen LogP contribution is -2.58. The van der Waals surface area contributed by atoms with Crippen LogP contribution in [0.2, 0.25) is 0 Å². The van der Waals surface area contributed by atoms with Gasteiger partial charge in [0.2, 0.25) is 0 Å². The zero-order valence-electron chi connectivity index (χ0n) is 14.2. The van der Waals surface area contributed by atoms with Gasteiger partial charge in [0, 0.05) is 11.8 Å². The van der Waals surface area contributed by atoms with Crippen molar-refractivity contribution in [2.75, 3.05) is 0 Å². The zero-order valence-corrected chi connectivity index (χ0v) is 14.2. The third-order valence-corrected chi connectivity index (χ3v) is 4.22. The highest BCUT2D eigenvalue weighted by atomic mass is 19.4. The summed E-state index contributed by atoms with van der Waals surface area (Å²) in [5, 5.41) is 13.8. The van der Waals surface area contributed by atoms with Crippen molar-refractivity contribution in [1.29, 1.82) is 0 Å². The van der Waals surface area contributed by atoms with Crippen LogP contribution in [0.15, 0.2) is 27.9 Å². The maximum atomic E-state index is 14.0. The van der Waals surface area contributed by atoms with Gasteiger partial charge >= 0.3 is 23.9 Å². The van der Waals surface area contributed by atoms with Gasteiger partial charge in [0.25, 0.3) is 0 Å². The topological polar surface area (TPSA) is 66.0 Å². The number of carbonyl (C=O) groups is 1. The van der Waals surface area contributed by atoms with Crippen LogP contribution < -0.4 is 0 Å². The summed E-state index contributed by atoms with van der Waals surface area (Å²) in [6, 6.07) is 2.33. The van der Waals surface area contributed by atoms with E-state index in [1.165, 1.54) is 26.8 Å². The quantitative estimate of drug-likeness (QED) is 0.774. The van der Waals surface area contributed by atoms with Crippen LogP contribution in [0.25, 0.3) is 0 Å². The molecule has 0 bridgehead atoms. The van der Waals surface area contributed by atoms with E-state index in [2.05, 4.69) is 5.10 Å². The number of alkyl halides is 7. The zero-order chi connectivity index (χ0) is 21.1. The number of amides is 1. The van der Waals surface area contributed by atoms with E-state index in [0.717, 1.165) is 12.3 Å². The van der Waals surface area contributed by atoms with Crippen LogP contribution in [0, 0.1) is 5.41 Å². The average molecular weight is 404 g/mol. The molecule has 2 heterocycles. The van der Waals surface area contributed by atoms with E-state index < -0.39 is 53.0 Å². The summed E-state index contributed by atoms with van der Waals surface area (Å²) in [5.41, 5.74) is -6.01. The fourth-order valence-corrected chi connectivity index (χ4v) is 2.38. The molecule has 0 fully saturated rings. The van der Waals surface area contributed by atoms with Gasteiger partial charge in [-0.2, -0.15) is 40.8 Å². The molecular weight excluding hydrogens is 389 g/mol. The Kier molecular flexibility index (Phi) is 4.67. The van der Waals surface area contributed by atoms with Crippen LogP contribution in [0.5, 0.6) is 0 Å². The normalized spacial score (nSPS) is 22.2. The minimum atomic E-state index is -6.57. The number of carbonyl (C=O) groups excluding carboxylic acids is 1. The number of hydrazone groups is 1. The highest BCUT2D eigenvalue weighted by molar-refractivity contribution is 5.99. The van der Waals surface area contributed by atoms with Crippen LogP contribution in [0.4, 0.5) is 30.7 Å². The first-order valence-electron chi connectivity index (χ1n) is 7.47. The van der Waals surface area contributed by atoms with E-state index >= 15 is 0 Å². The molecule has 1 amide bonds. The lowest BCUT2D eigenvalue weighted by Gasteiger charge is -2.41. The predicted octanol–water partition coefficient (Wildman–Crippen LogP) is 4.05. The van der Waals surface area contributed by atoms with Crippen LogP contribution in [0.1, 0.15) is 37.7 Å². The lowest BCUT2D eigenvalue weighted by atomic mass is 9.79. The maximum Gasteiger partial charge on any atom is 0.460 e. The maximum absolute atomic E-state index is 14.0. The standard InChI is InChI=1S/C15H15F7N2O3/c1-11(2,3)12(26)7-9(13(16,17)14(18,19)15(20,21)22)23-24(12)10(25)8-5-4-6-27-8/h4-6,26H,7H2,1-3H3/t12-/m0/s1. The molecule has 1 aliphatic rings. The van der Waals surface area contributed by atoms with Gasteiger partial charge in [0.1, 0.15) is 5.71 Å². The molecule has 0 aliphatic carbocycles. The highest BCUT2D eigenvalue weighted by Gasteiger charge is 2.76. The molecule has 1 aromatic heterocycles. The molecular formula is C15H15F7N2O3. The van der Waals surface area contributed by atoms with Crippen molar-refractivity contribution in [3.05, 3.63) is 24.2 Å². The predicted molar refractivity (Wildman–Crippen MR) is 77.3 cm³/mol. The SMILES string of the molecule is CC(C)(C)[C@@]1(O)CC(C(F)(F)C(F)(F)C(F)(F)F)=NN1C(=O)c1ccco1. The van der Waals surface area contributed by atoms with Crippen molar-refractivity contribution in [1.82, 2.24) is 5.01 Å². The number of hydrogen-bond donors (Lipinski definition) is 1. The van der Waals surface area contributed by atoms with Crippen molar-refractivity contribution < 1.29 is 45.1 Å². The molecule has 1 N–H and O–H groups in total. The van der Waals surface area contributed by atoms with Crippen LogP contribution in [-0.4, -0.2) is 45.5 Å². The summed E-state index contributed by atoms with van der Waals surface area (Å²) >= 11 is 0. The number of rotatable bonds is 3. The Morgan fingerprint density at radius 1 is 1.19 bits per heavy atom. The third-order valence-electron chi connectivity index (χ3n) is 4.22. The highest BCUT2D eigenvalue weighted by Crippen LogP contribution is 2.51. The Morgan fingerprint density at radius 2 is 1.74 bits per heavy atom. The largest absolute Gasteiger partial charge is 0.460 e. The Labute approximate surface area is 148 Å². The number of nitrogens with zero attached hydrogens (tertiary/aromatic N) is 2. The van der Waals surface area contributed by atoms with Gasteiger partial charge < -0.3 is 9.52 Å². The van der Waals surface area contributed by atoms with Gasteiger partial charge in [-0.05, 0) is 12.1 Å². The van der Waals surface area contributed by atoms with E-state index in [1.54, 1.807) is 0 Å². The van der Waals surface area contributed by atoms with Gasteiger partial charge in [-0.3, -0.25) is 4.79 Å². The molecule has 1 aliphatic heterocycles. The third kappa shape index (κ3) is 3.09. The molecule has 1 atom stereocenters. The first-order valence-corrected chi connectivity index (χ1v) is 7.47. The van der Waals surface area contributed by atoms with Gasteiger partial charge in [-0.25, -0.2) is 0 Å². The fourth-order valence-electron chi connectivity index (χ4n) is 2.38. The van der Waals surface area contributed by atoms with Gasteiger partial charge in [0.05, 0.1) is 6.26 Å². The molecule has 0 aromatic carbocycles. The monoisotopic (exact) mass is 404 g/mol. The number of hydrogen-bond acceptors (Lipinski definition) is 4. The molecule has 0 saturated heterocycles. The van der Waals surface area contributed by atoms with E-state index in [1.807, 2.05) is 0 Å². The number of halogens is 7. The van der Waals surface area contributed by atoms with Crippen molar-refractivity contribution in [2.45, 2.75) is 50.9 Å². The molecule has 0 radical (unpaired) electrons. The van der Waals surface area contributed by atoms with E-state index in [0.29, 0.717) is 0 Å².